The van der Waals surface area contributed by atoms with Crippen LogP contribution in [0.2, 0.25) is 0 Å². The van der Waals surface area contributed by atoms with Crippen LogP contribution in [0.1, 0.15) is 221 Å². The highest BCUT2D eigenvalue weighted by Gasteiger charge is 2.59. The molecular weight excluding hydrogens is 651 g/mol. The molecule has 0 saturated heterocycles. The van der Waals surface area contributed by atoms with Crippen LogP contribution in [0.25, 0.3) is 0 Å². The van der Waals surface area contributed by atoms with Crippen molar-refractivity contribution in [3.63, 3.8) is 0 Å². The lowest BCUT2D eigenvalue weighted by Crippen LogP contribution is -2.51. The second-order valence-corrected chi connectivity index (χ2v) is 19.8. The zero-order valence-corrected chi connectivity index (χ0v) is 36.0. The van der Waals surface area contributed by atoms with Crippen LogP contribution in [0, 0.1) is 46.3 Å². The van der Waals surface area contributed by atoms with E-state index >= 15 is 0 Å². The summed E-state index contributed by atoms with van der Waals surface area (Å²) in [4.78, 5) is 24.8. The predicted molar refractivity (Wildman–Crippen MR) is 225 cm³/mol. The first-order valence-electron chi connectivity index (χ1n) is 23.7. The molecule has 1 N–H and O–H groups in total. The summed E-state index contributed by atoms with van der Waals surface area (Å²) in [6.07, 6.45) is 38.8. The Bertz CT molecular complexity index is 1080. The van der Waals surface area contributed by atoms with Crippen LogP contribution in [0.5, 0.6) is 0 Å². The SMILES string of the molecule is CCCCCCCCCCCCCCCCCCNC(=O)CC(C=O)O[C@H]1CC[C@@]2(C)C(=CC[C@H]3[C@@H]4CC[C@H]([C@H](C)CCCC(C)C)[C@@]4(C)CC[C@@H]32)C1. The summed E-state index contributed by atoms with van der Waals surface area (Å²) in [5.74, 6) is 5.01. The lowest BCUT2D eigenvalue weighted by atomic mass is 9.47. The maximum atomic E-state index is 12.8. The third kappa shape index (κ3) is 13.2. The first-order valence-corrected chi connectivity index (χ1v) is 23.7. The van der Waals surface area contributed by atoms with E-state index in [9.17, 15) is 9.59 Å². The average Bonchev–Trinajstić information content (AvgIpc) is 3.50. The Balaban J connectivity index is 1.08. The Hall–Kier alpha value is -1.16. The van der Waals surface area contributed by atoms with Gasteiger partial charge in [-0.2, -0.15) is 0 Å². The Kier molecular flexibility index (Phi) is 19.5. The highest BCUT2D eigenvalue weighted by molar-refractivity contribution is 5.79. The van der Waals surface area contributed by atoms with E-state index in [0.29, 0.717) is 12.0 Å². The van der Waals surface area contributed by atoms with Gasteiger partial charge in [0.05, 0.1) is 12.5 Å². The molecule has 0 aromatic rings. The number of fused-ring (bicyclic) bond motifs is 5. The molecule has 1 amide bonds. The smallest absolute Gasteiger partial charge is 0.223 e. The molecule has 0 spiro atoms. The van der Waals surface area contributed by atoms with Gasteiger partial charge in [-0.15, -0.1) is 0 Å². The summed E-state index contributed by atoms with van der Waals surface area (Å²) < 4.78 is 6.38. The van der Waals surface area contributed by atoms with Crippen LogP contribution in [-0.4, -0.2) is 30.9 Å². The number of hydrogen-bond donors (Lipinski definition) is 1. The Morgan fingerprint density at radius 1 is 0.792 bits per heavy atom. The second-order valence-electron chi connectivity index (χ2n) is 19.8. The lowest BCUT2D eigenvalue weighted by molar-refractivity contribution is -0.134. The minimum absolute atomic E-state index is 0.0437. The van der Waals surface area contributed by atoms with Crippen LogP contribution < -0.4 is 5.32 Å². The fourth-order valence-corrected chi connectivity index (χ4v) is 12.3. The molecule has 4 nitrogen and oxygen atoms in total. The third-order valence-electron chi connectivity index (χ3n) is 15.5. The van der Waals surface area contributed by atoms with Crippen molar-refractivity contribution in [2.24, 2.45) is 46.3 Å². The highest BCUT2D eigenvalue weighted by atomic mass is 16.5. The second kappa shape index (κ2) is 23.2. The Labute approximate surface area is 329 Å². The largest absolute Gasteiger partial charge is 0.367 e. The Morgan fingerprint density at radius 3 is 2.02 bits per heavy atom. The van der Waals surface area contributed by atoms with E-state index in [1.54, 1.807) is 5.57 Å². The van der Waals surface area contributed by atoms with Crippen molar-refractivity contribution in [2.75, 3.05) is 6.54 Å². The van der Waals surface area contributed by atoms with Gasteiger partial charge in [-0.05, 0) is 104 Å². The number of unbranched alkanes of at least 4 members (excludes halogenated alkanes) is 15. The number of allylic oxidation sites excluding steroid dienone is 1. The fraction of sp³-hybridized carbons (Fsp3) is 0.918. The first-order chi connectivity index (χ1) is 25.6. The van der Waals surface area contributed by atoms with Crippen molar-refractivity contribution in [1.29, 1.82) is 0 Å². The summed E-state index contributed by atoms with van der Waals surface area (Å²) in [6, 6.07) is 0. The fourth-order valence-electron chi connectivity index (χ4n) is 12.3. The van der Waals surface area contributed by atoms with Gasteiger partial charge in [0.2, 0.25) is 5.91 Å². The monoisotopic (exact) mass is 738 g/mol. The van der Waals surface area contributed by atoms with E-state index in [-0.39, 0.29) is 23.8 Å². The molecule has 0 aliphatic heterocycles. The molecule has 0 aromatic heterocycles. The van der Waals surface area contributed by atoms with Gasteiger partial charge in [-0.3, -0.25) is 4.79 Å². The summed E-state index contributed by atoms with van der Waals surface area (Å²) in [5, 5.41) is 3.07. The third-order valence-corrected chi connectivity index (χ3v) is 15.5. The molecule has 3 saturated carbocycles. The molecular formula is C49H87NO3. The standard InChI is InChI=1S/C49H87NO3/c1-7-8-9-10-11-12-13-14-15-16-17-18-19-20-21-22-34-50-47(52)36-42(37-51)53-41-30-32-48(5)40(35-41)26-27-43-45-29-28-44(39(4)25-23-24-38(2)3)49(45,6)33-31-46(43)48/h26,37-39,41-46H,7-25,27-36H2,1-6H3,(H,50,52)/t39-,41+,42?,43+,44-,45+,46+,48+,49-/m1/s1. The number of ether oxygens (including phenoxy) is 1. The molecule has 0 heterocycles. The molecule has 306 valence electrons. The van der Waals surface area contributed by atoms with Gasteiger partial charge in [-0.25, -0.2) is 0 Å². The van der Waals surface area contributed by atoms with E-state index in [4.69, 9.17) is 4.74 Å². The molecule has 0 aromatic carbocycles. The van der Waals surface area contributed by atoms with Gasteiger partial charge in [-0.1, -0.05) is 169 Å². The van der Waals surface area contributed by atoms with Crippen molar-refractivity contribution >= 4 is 12.2 Å². The van der Waals surface area contributed by atoms with Crippen LogP contribution in [-0.2, 0) is 14.3 Å². The van der Waals surface area contributed by atoms with Crippen molar-refractivity contribution in [1.82, 2.24) is 5.32 Å². The number of nitrogens with one attached hydrogen (secondary N) is 1. The average molecular weight is 738 g/mol. The number of hydrogen-bond acceptors (Lipinski definition) is 3. The molecule has 4 heteroatoms. The summed E-state index contributed by atoms with van der Waals surface area (Å²) >= 11 is 0. The number of carbonyl (C=O) groups is 2. The topological polar surface area (TPSA) is 55.4 Å². The van der Waals surface area contributed by atoms with Crippen molar-refractivity contribution in [3.05, 3.63) is 11.6 Å². The molecule has 9 atom stereocenters. The van der Waals surface area contributed by atoms with E-state index < -0.39 is 6.10 Å². The van der Waals surface area contributed by atoms with Crippen LogP contribution >= 0.6 is 0 Å². The van der Waals surface area contributed by atoms with E-state index in [2.05, 4.69) is 52.9 Å². The summed E-state index contributed by atoms with van der Waals surface area (Å²) in [7, 11) is 0. The lowest BCUT2D eigenvalue weighted by Gasteiger charge is -2.58. The molecule has 3 fully saturated rings. The number of aldehydes is 1. The highest BCUT2D eigenvalue weighted by Crippen LogP contribution is 2.67. The molecule has 53 heavy (non-hydrogen) atoms. The number of carbonyl (C=O) groups excluding carboxylic acids is 2. The summed E-state index contributed by atoms with van der Waals surface area (Å²) in [6.45, 7) is 15.6. The van der Waals surface area contributed by atoms with Crippen LogP contribution in [0.15, 0.2) is 11.6 Å². The van der Waals surface area contributed by atoms with Gasteiger partial charge in [0.15, 0.2) is 0 Å². The number of rotatable bonds is 27. The zero-order valence-electron chi connectivity index (χ0n) is 36.0. The summed E-state index contributed by atoms with van der Waals surface area (Å²) in [5.41, 5.74) is 2.38. The van der Waals surface area contributed by atoms with Gasteiger partial charge >= 0.3 is 0 Å². The molecule has 4 rings (SSSR count). The van der Waals surface area contributed by atoms with E-state index in [0.717, 1.165) is 67.5 Å². The van der Waals surface area contributed by atoms with Crippen molar-refractivity contribution in [3.8, 4) is 0 Å². The predicted octanol–water partition coefficient (Wildman–Crippen LogP) is 13.7. The minimum atomic E-state index is -0.638. The van der Waals surface area contributed by atoms with Gasteiger partial charge < -0.3 is 14.8 Å². The van der Waals surface area contributed by atoms with E-state index in [1.165, 1.54) is 148 Å². The molecule has 4 aliphatic carbocycles. The molecule has 1 unspecified atom stereocenters. The minimum Gasteiger partial charge on any atom is -0.367 e. The molecule has 0 radical (unpaired) electrons. The number of amides is 1. The van der Waals surface area contributed by atoms with Crippen LogP contribution in [0.3, 0.4) is 0 Å². The molecule has 0 bridgehead atoms. The Morgan fingerprint density at radius 2 is 1.42 bits per heavy atom. The van der Waals surface area contributed by atoms with Crippen molar-refractivity contribution < 1.29 is 14.3 Å². The van der Waals surface area contributed by atoms with Gasteiger partial charge in [0, 0.05) is 6.54 Å². The first kappa shape index (κ1) is 44.6. The molecule has 4 aliphatic rings. The zero-order chi connectivity index (χ0) is 38.1. The maximum absolute atomic E-state index is 12.8. The normalized spacial score (nSPS) is 30.6. The maximum Gasteiger partial charge on any atom is 0.223 e. The van der Waals surface area contributed by atoms with E-state index in [1.807, 2.05) is 0 Å². The van der Waals surface area contributed by atoms with Gasteiger partial charge in [0.25, 0.3) is 0 Å². The quantitative estimate of drug-likeness (QED) is 0.0519. The van der Waals surface area contributed by atoms with Crippen LogP contribution in [0.4, 0.5) is 0 Å². The van der Waals surface area contributed by atoms with Crippen molar-refractivity contribution in [2.45, 2.75) is 234 Å². The van der Waals surface area contributed by atoms with Gasteiger partial charge in [0.1, 0.15) is 12.4 Å².